The van der Waals surface area contributed by atoms with Gasteiger partial charge in [0.1, 0.15) is 16.0 Å². The molecular weight excluding hydrogens is 378 g/mol. The number of benzene rings is 2. The molecule has 1 N–H and O–H groups in total. The molecular formula is C20H19N3O4S. The lowest BCUT2D eigenvalue weighted by atomic mass is 10.1. The third-order valence-corrected chi connectivity index (χ3v) is 6.08. The van der Waals surface area contributed by atoms with Crippen LogP contribution in [0.5, 0.6) is 0 Å². The van der Waals surface area contributed by atoms with E-state index >= 15 is 0 Å². The Hall–Kier alpha value is -3.13. The highest BCUT2D eigenvalue weighted by molar-refractivity contribution is 7.90. The summed E-state index contributed by atoms with van der Waals surface area (Å²) >= 11 is 0. The van der Waals surface area contributed by atoms with E-state index < -0.39 is 15.6 Å². The predicted octanol–water partition coefficient (Wildman–Crippen LogP) is 3.20. The zero-order valence-electron chi connectivity index (χ0n) is 15.5. The molecule has 0 saturated heterocycles. The molecule has 0 bridgehead atoms. The van der Waals surface area contributed by atoms with Gasteiger partial charge >= 0.3 is 5.63 Å². The standard InChI is InChI=1S/C20H19N3O4S/c1-3-23(4-2)16-9-7-10-17-13(16)12-14(20(24)27-17)19-21-15-8-5-6-11-18(15)28(25,26)22-19/h5-12H,3-4H2,1-2H3,(H,21,22). The highest BCUT2D eigenvalue weighted by atomic mass is 32.2. The van der Waals surface area contributed by atoms with Crippen LogP contribution < -0.4 is 15.8 Å². The fourth-order valence-electron chi connectivity index (χ4n) is 3.36. The van der Waals surface area contributed by atoms with Gasteiger partial charge in [0.2, 0.25) is 0 Å². The Kier molecular flexibility index (Phi) is 4.43. The largest absolute Gasteiger partial charge is 0.422 e. The molecule has 0 saturated carbocycles. The van der Waals surface area contributed by atoms with Crippen molar-refractivity contribution in [2.45, 2.75) is 18.7 Å². The lowest BCUT2D eigenvalue weighted by Gasteiger charge is -2.23. The van der Waals surface area contributed by atoms with Crippen molar-refractivity contribution in [3.8, 4) is 0 Å². The molecule has 1 aromatic heterocycles. The van der Waals surface area contributed by atoms with E-state index in [1.54, 1.807) is 30.3 Å². The summed E-state index contributed by atoms with van der Waals surface area (Å²) in [7, 11) is -3.91. The van der Waals surface area contributed by atoms with Crippen LogP contribution in [-0.4, -0.2) is 27.3 Å². The lowest BCUT2D eigenvalue weighted by Crippen LogP contribution is -2.27. The number of fused-ring (bicyclic) bond motifs is 2. The normalized spacial score (nSPS) is 14.9. The van der Waals surface area contributed by atoms with E-state index in [2.05, 4.69) is 14.6 Å². The first-order chi connectivity index (χ1) is 13.4. The summed E-state index contributed by atoms with van der Waals surface area (Å²) < 4.78 is 34.4. The van der Waals surface area contributed by atoms with Gasteiger partial charge < -0.3 is 14.6 Å². The fourth-order valence-corrected chi connectivity index (χ4v) is 4.49. The molecule has 0 amide bonds. The second-order valence-corrected chi connectivity index (χ2v) is 7.92. The molecule has 28 heavy (non-hydrogen) atoms. The van der Waals surface area contributed by atoms with Crippen molar-refractivity contribution in [3.63, 3.8) is 0 Å². The maximum Gasteiger partial charge on any atom is 0.347 e. The second-order valence-electron chi connectivity index (χ2n) is 6.34. The molecule has 2 aromatic carbocycles. The smallest absolute Gasteiger partial charge is 0.347 e. The minimum atomic E-state index is -3.91. The van der Waals surface area contributed by atoms with E-state index in [1.165, 1.54) is 6.07 Å². The van der Waals surface area contributed by atoms with Gasteiger partial charge in [-0.2, -0.15) is 8.42 Å². The van der Waals surface area contributed by atoms with Crippen LogP contribution in [0.3, 0.4) is 0 Å². The van der Waals surface area contributed by atoms with Crippen LogP contribution in [0, 0.1) is 0 Å². The molecule has 0 unspecified atom stereocenters. The molecule has 7 nitrogen and oxygen atoms in total. The third-order valence-electron chi connectivity index (χ3n) is 4.74. The van der Waals surface area contributed by atoms with Crippen molar-refractivity contribution in [3.05, 3.63) is 64.5 Å². The van der Waals surface area contributed by atoms with E-state index in [0.717, 1.165) is 24.2 Å². The first-order valence-corrected chi connectivity index (χ1v) is 10.4. The van der Waals surface area contributed by atoms with Crippen molar-refractivity contribution < 1.29 is 12.8 Å². The van der Waals surface area contributed by atoms with E-state index in [4.69, 9.17) is 4.42 Å². The van der Waals surface area contributed by atoms with Crippen molar-refractivity contribution in [2.24, 2.45) is 4.40 Å². The van der Waals surface area contributed by atoms with E-state index in [1.807, 2.05) is 26.0 Å². The van der Waals surface area contributed by atoms with E-state index in [9.17, 15) is 13.2 Å². The molecule has 0 aliphatic carbocycles. The Morgan fingerprint density at radius 1 is 1.07 bits per heavy atom. The van der Waals surface area contributed by atoms with Crippen LogP contribution in [0.25, 0.3) is 11.0 Å². The molecule has 0 atom stereocenters. The molecule has 1 aliphatic rings. The highest BCUT2D eigenvalue weighted by Gasteiger charge is 2.27. The van der Waals surface area contributed by atoms with Crippen molar-refractivity contribution in [1.29, 1.82) is 0 Å². The first kappa shape index (κ1) is 18.2. The number of amidine groups is 1. The maximum atomic E-state index is 12.6. The number of hydrogen-bond acceptors (Lipinski definition) is 6. The lowest BCUT2D eigenvalue weighted by molar-refractivity contribution is 0.559. The maximum absolute atomic E-state index is 12.6. The van der Waals surface area contributed by atoms with E-state index in [-0.39, 0.29) is 16.3 Å². The van der Waals surface area contributed by atoms with E-state index in [0.29, 0.717) is 11.3 Å². The molecule has 0 spiro atoms. The number of sulfonamides is 1. The van der Waals surface area contributed by atoms with Crippen LogP contribution in [0.2, 0.25) is 0 Å². The number of nitrogens with one attached hydrogen (secondary N) is 1. The molecule has 4 rings (SSSR count). The van der Waals surface area contributed by atoms with Gasteiger partial charge in [-0.3, -0.25) is 0 Å². The number of nitrogens with zero attached hydrogens (tertiary/aromatic N) is 2. The summed E-state index contributed by atoms with van der Waals surface area (Å²) in [5.41, 5.74) is 1.16. The molecule has 144 valence electrons. The molecule has 1 aliphatic heterocycles. The monoisotopic (exact) mass is 397 g/mol. The third kappa shape index (κ3) is 2.95. The summed E-state index contributed by atoms with van der Waals surface area (Å²) in [6.07, 6.45) is 0. The Morgan fingerprint density at radius 3 is 2.57 bits per heavy atom. The number of anilines is 2. The van der Waals surface area contributed by atoms with Gasteiger partial charge in [-0.15, -0.1) is 4.40 Å². The Labute approximate surface area is 162 Å². The molecule has 8 heteroatoms. The zero-order valence-corrected chi connectivity index (χ0v) is 16.3. The van der Waals surface area contributed by atoms with Crippen LogP contribution in [0.15, 0.2) is 67.0 Å². The van der Waals surface area contributed by atoms with Crippen molar-refractivity contribution in [1.82, 2.24) is 0 Å². The summed E-state index contributed by atoms with van der Waals surface area (Å²) in [6.45, 7) is 5.65. The van der Waals surface area contributed by atoms with Gasteiger partial charge in [0.05, 0.1) is 5.69 Å². The van der Waals surface area contributed by atoms with Crippen molar-refractivity contribution in [2.75, 3.05) is 23.3 Å². The Bertz CT molecular complexity index is 1260. The van der Waals surface area contributed by atoms with Crippen LogP contribution >= 0.6 is 0 Å². The van der Waals surface area contributed by atoms with Gasteiger partial charge in [-0.1, -0.05) is 18.2 Å². The summed E-state index contributed by atoms with van der Waals surface area (Å²) in [5, 5.41) is 3.67. The van der Waals surface area contributed by atoms with Gasteiger partial charge in [0.25, 0.3) is 10.0 Å². The van der Waals surface area contributed by atoms with Crippen LogP contribution in [0.1, 0.15) is 19.4 Å². The second kappa shape index (κ2) is 6.79. The molecule has 2 heterocycles. The average molecular weight is 397 g/mol. The minimum absolute atomic E-state index is 0.0382. The van der Waals surface area contributed by atoms with Crippen LogP contribution in [-0.2, 0) is 10.0 Å². The van der Waals surface area contributed by atoms with Gasteiger partial charge in [0.15, 0.2) is 5.84 Å². The zero-order chi connectivity index (χ0) is 19.9. The average Bonchev–Trinajstić information content (AvgIpc) is 2.68. The van der Waals surface area contributed by atoms with Gasteiger partial charge in [0, 0.05) is 24.2 Å². The Morgan fingerprint density at radius 2 is 1.82 bits per heavy atom. The topological polar surface area (TPSA) is 92.0 Å². The summed E-state index contributed by atoms with van der Waals surface area (Å²) in [5.74, 6) is -0.0382. The summed E-state index contributed by atoms with van der Waals surface area (Å²) in [6, 6.07) is 13.6. The first-order valence-electron chi connectivity index (χ1n) is 8.98. The minimum Gasteiger partial charge on any atom is -0.422 e. The molecule has 3 aromatic rings. The number of rotatable bonds is 4. The van der Waals surface area contributed by atoms with Gasteiger partial charge in [-0.05, 0) is 44.2 Å². The molecule has 0 fully saturated rings. The van der Waals surface area contributed by atoms with Gasteiger partial charge in [-0.25, -0.2) is 4.79 Å². The Balaban J connectivity index is 1.93. The SMILES string of the molecule is CCN(CC)c1cccc2oc(=O)c(C3=NS(=O)(=O)c4ccccc4N3)cc12. The van der Waals surface area contributed by atoms with Crippen molar-refractivity contribution >= 4 is 38.2 Å². The quantitative estimate of drug-likeness (QED) is 0.680. The number of hydrogen-bond donors (Lipinski definition) is 1. The van der Waals surface area contributed by atoms with Crippen LogP contribution in [0.4, 0.5) is 11.4 Å². The predicted molar refractivity (Wildman–Crippen MR) is 110 cm³/mol. The summed E-state index contributed by atoms with van der Waals surface area (Å²) in [4.78, 5) is 14.8. The highest BCUT2D eigenvalue weighted by Crippen LogP contribution is 2.30. The molecule has 0 radical (unpaired) electrons. The number of para-hydroxylation sites is 1. The fraction of sp³-hybridized carbons (Fsp3) is 0.200.